The maximum atomic E-state index is 12.1. The number of unbranched alkanes of at least 4 members (excludes halogenated alkanes) is 3. The molecule has 0 aromatic heterocycles. The summed E-state index contributed by atoms with van der Waals surface area (Å²) in [7, 11) is 0. The summed E-state index contributed by atoms with van der Waals surface area (Å²) in [6.45, 7) is 4.24. The van der Waals surface area contributed by atoms with Crippen LogP contribution in [0.1, 0.15) is 59.7 Å². The van der Waals surface area contributed by atoms with Crippen molar-refractivity contribution >= 4 is 11.8 Å². The van der Waals surface area contributed by atoms with Gasteiger partial charge < -0.3 is 4.74 Å². The first kappa shape index (κ1) is 15.7. The lowest BCUT2D eigenvalue weighted by Crippen LogP contribution is -2.30. The molecule has 4 heteroatoms. The number of rotatable bonds is 9. The fraction of sp³-hybridized carbons (Fsp3) is 0.529. The minimum absolute atomic E-state index is 0.158. The van der Waals surface area contributed by atoms with Crippen molar-refractivity contribution in [2.24, 2.45) is 0 Å². The number of fused-ring (bicyclic) bond motifs is 1. The third kappa shape index (κ3) is 3.91. The molecule has 1 aliphatic rings. The highest BCUT2D eigenvalue weighted by atomic mass is 16.5. The first-order valence-corrected chi connectivity index (χ1v) is 7.78. The van der Waals surface area contributed by atoms with Crippen LogP contribution in [0.5, 0.6) is 0 Å². The number of carbonyl (C=O) groups is 2. The van der Waals surface area contributed by atoms with Gasteiger partial charge in [0.25, 0.3) is 11.8 Å². The molecule has 1 aliphatic heterocycles. The van der Waals surface area contributed by atoms with Crippen LogP contribution in [0, 0.1) is 0 Å². The lowest BCUT2D eigenvalue weighted by atomic mass is 10.1. The lowest BCUT2D eigenvalue weighted by molar-refractivity contribution is 0.0650. The molecule has 0 N–H and O–H groups in total. The molecule has 2 amide bonds. The fourth-order valence-electron chi connectivity index (χ4n) is 2.44. The summed E-state index contributed by atoms with van der Waals surface area (Å²) < 4.78 is 5.49. The van der Waals surface area contributed by atoms with E-state index < -0.39 is 0 Å². The van der Waals surface area contributed by atoms with Crippen molar-refractivity contribution in [2.45, 2.75) is 39.0 Å². The van der Waals surface area contributed by atoms with Gasteiger partial charge in [0.15, 0.2) is 0 Å². The molecule has 0 atom stereocenters. The maximum absolute atomic E-state index is 12.1. The Bertz CT molecular complexity index is 464. The van der Waals surface area contributed by atoms with Crippen LogP contribution in [-0.2, 0) is 4.74 Å². The van der Waals surface area contributed by atoms with Crippen LogP contribution in [0.3, 0.4) is 0 Å². The smallest absolute Gasteiger partial charge is 0.261 e. The van der Waals surface area contributed by atoms with E-state index in [1.165, 1.54) is 4.90 Å². The Labute approximate surface area is 126 Å². The molecule has 1 aromatic rings. The van der Waals surface area contributed by atoms with E-state index in [1.54, 1.807) is 24.3 Å². The largest absolute Gasteiger partial charge is 0.381 e. The number of carbonyl (C=O) groups excluding carboxylic acids is 2. The third-order valence-corrected chi connectivity index (χ3v) is 3.69. The van der Waals surface area contributed by atoms with Crippen LogP contribution >= 0.6 is 0 Å². The zero-order chi connectivity index (χ0) is 15.1. The van der Waals surface area contributed by atoms with Crippen LogP contribution < -0.4 is 0 Å². The highest BCUT2D eigenvalue weighted by molar-refractivity contribution is 6.21. The molecule has 0 aliphatic carbocycles. The fourth-order valence-corrected chi connectivity index (χ4v) is 2.44. The Balaban J connectivity index is 1.69. The molecule has 114 valence electrons. The summed E-state index contributed by atoms with van der Waals surface area (Å²) in [6.07, 6.45) is 5.05. The number of nitrogens with zero attached hydrogens (tertiary/aromatic N) is 1. The van der Waals surface area contributed by atoms with E-state index in [1.807, 2.05) is 0 Å². The van der Waals surface area contributed by atoms with E-state index in [0.29, 0.717) is 17.7 Å². The van der Waals surface area contributed by atoms with Crippen LogP contribution in [0.2, 0.25) is 0 Å². The monoisotopic (exact) mass is 289 g/mol. The highest BCUT2D eigenvalue weighted by Crippen LogP contribution is 2.22. The number of ether oxygens (including phenoxy) is 1. The van der Waals surface area contributed by atoms with Crippen LogP contribution in [0.4, 0.5) is 0 Å². The van der Waals surface area contributed by atoms with Gasteiger partial charge in [-0.05, 0) is 37.8 Å². The SMILES string of the molecule is CCCCOCCCCCN1C(=O)c2ccccc2C1=O. The Morgan fingerprint density at radius 3 is 2.14 bits per heavy atom. The van der Waals surface area contributed by atoms with E-state index in [2.05, 4.69) is 6.92 Å². The van der Waals surface area contributed by atoms with Crippen LogP contribution in [-0.4, -0.2) is 36.5 Å². The molecule has 2 rings (SSSR count). The van der Waals surface area contributed by atoms with E-state index >= 15 is 0 Å². The van der Waals surface area contributed by atoms with Gasteiger partial charge in [-0.2, -0.15) is 0 Å². The summed E-state index contributed by atoms with van der Waals surface area (Å²) in [5, 5.41) is 0. The van der Waals surface area contributed by atoms with Gasteiger partial charge in [0.2, 0.25) is 0 Å². The number of benzene rings is 1. The normalized spacial score (nSPS) is 13.9. The summed E-state index contributed by atoms with van der Waals surface area (Å²) >= 11 is 0. The summed E-state index contributed by atoms with van der Waals surface area (Å²) in [4.78, 5) is 25.6. The molecule has 4 nitrogen and oxygen atoms in total. The quantitative estimate of drug-likeness (QED) is 0.518. The van der Waals surface area contributed by atoms with Crippen molar-refractivity contribution in [1.29, 1.82) is 0 Å². The molecular formula is C17H23NO3. The van der Waals surface area contributed by atoms with Crippen molar-refractivity contribution < 1.29 is 14.3 Å². The molecule has 0 saturated carbocycles. The van der Waals surface area contributed by atoms with Gasteiger partial charge >= 0.3 is 0 Å². The zero-order valence-corrected chi connectivity index (χ0v) is 12.6. The standard InChI is InChI=1S/C17H23NO3/c1-2-3-12-21-13-8-4-7-11-18-16(19)14-9-5-6-10-15(14)17(18)20/h5-6,9-10H,2-4,7-8,11-13H2,1H3. The summed E-state index contributed by atoms with van der Waals surface area (Å²) in [5.41, 5.74) is 1.07. The molecule has 0 spiro atoms. The lowest BCUT2D eigenvalue weighted by Gasteiger charge is -2.13. The Hall–Kier alpha value is -1.68. The second kappa shape index (κ2) is 7.93. The number of hydrogen-bond acceptors (Lipinski definition) is 3. The van der Waals surface area contributed by atoms with Crippen molar-refractivity contribution in [2.75, 3.05) is 19.8 Å². The van der Waals surface area contributed by atoms with Gasteiger partial charge in [-0.3, -0.25) is 14.5 Å². The van der Waals surface area contributed by atoms with Gasteiger partial charge in [0.1, 0.15) is 0 Å². The molecule has 0 bridgehead atoms. The molecule has 0 saturated heterocycles. The van der Waals surface area contributed by atoms with E-state index in [-0.39, 0.29) is 11.8 Å². The molecular weight excluding hydrogens is 266 g/mol. The summed E-state index contributed by atoms with van der Waals surface area (Å²) in [6, 6.07) is 7.02. The molecule has 21 heavy (non-hydrogen) atoms. The zero-order valence-electron chi connectivity index (χ0n) is 12.6. The molecule has 0 unspecified atom stereocenters. The van der Waals surface area contributed by atoms with Crippen molar-refractivity contribution in [3.63, 3.8) is 0 Å². The predicted octanol–water partition coefficient (Wildman–Crippen LogP) is 3.27. The van der Waals surface area contributed by atoms with E-state index in [0.717, 1.165) is 45.3 Å². The van der Waals surface area contributed by atoms with E-state index in [9.17, 15) is 9.59 Å². The van der Waals surface area contributed by atoms with Crippen LogP contribution in [0.15, 0.2) is 24.3 Å². The van der Waals surface area contributed by atoms with Crippen LogP contribution in [0.25, 0.3) is 0 Å². The Kier molecular flexibility index (Phi) is 5.93. The highest BCUT2D eigenvalue weighted by Gasteiger charge is 2.34. The predicted molar refractivity (Wildman–Crippen MR) is 81.4 cm³/mol. The second-order valence-electron chi connectivity index (χ2n) is 5.33. The van der Waals surface area contributed by atoms with Gasteiger partial charge in [-0.1, -0.05) is 25.5 Å². The number of imide groups is 1. The van der Waals surface area contributed by atoms with Crippen molar-refractivity contribution in [3.8, 4) is 0 Å². The second-order valence-corrected chi connectivity index (χ2v) is 5.33. The minimum atomic E-state index is -0.158. The third-order valence-electron chi connectivity index (χ3n) is 3.69. The topological polar surface area (TPSA) is 46.6 Å². The number of hydrogen-bond donors (Lipinski definition) is 0. The van der Waals surface area contributed by atoms with Gasteiger partial charge in [-0.15, -0.1) is 0 Å². The van der Waals surface area contributed by atoms with Gasteiger partial charge in [0.05, 0.1) is 11.1 Å². The van der Waals surface area contributed by atoms with Gasteiger partial charge in [0, 0.05) is 19.8 Å². The first-order chi connectivity index (χ1) is 10.3. The maximum Gasteiger partial charge on any atom is 0.261 e. The Morgan fingerprint density at radius 2 is 1.52 bits per heavy atom. The van der Waals surface area contributed by atoms with Crippen molar-refractivity contribution in [3.05, 3.63) is 35.4 Å². The van der Waals surface area contributed by atoms with Crippen molar-refractivity contribution in [1.82, 2.24) is 4.90 Å². The first-order valence-electron chi connectivity index (χ1n) is 7.78. The average Bonchev–Trinajstić information content (AvgIpc) is 2.75. The molecule has 1 aromatic carbocycles. The van der Waals surface area contributed by atoms with Gasteiger partial charge in [-0.25, -0.2) is 0 Å². The molecule has 0 fully saturated rings. The number of amides is 2. The Morgan fingerprint density at radius 1 is 0.905 bits per heavy atom. The molecule has 0 radical (unpaired) electrons. The molecule has 1 heterocycles. The van der Waals surface area contributed by atoms with E-state index in [4.69, 9.17) is 4.74 Å². The summed E-state index contributed by atoms with van der Waals surface area (Å²) in [5.74, 6) is -0.315. The average molecular weight is 289 g/mol. The minimum Gasteiger partial charge on any atom is -0.381 e.